The molecule has 0 unspecified atom stereocenters. The zero-order valence-electron chi connectivity index (χ0n) is 11.1. The Labute approximate surface area is 108 Å². The maximum Gasteiger partial charge on any atom is 0.226 e. The largest absolute Gasteiger partial charge is 0.369 e. The Hall–Kier alpha value is -1.10. The highest BCUT2D eigenvalue weighted by Gasteiger charge is 2.31. The number of primary amides is 1. The van der Waals surface area contributed by atoms with Crippen LogP contribution in [0.25, 0.3) is 0 Å². The molecule has 1 atom stereocenters. The second kappa shape index (κ2) is 5.69. The summed E-state index contributed by atoms with van der Waals surface area (Å²) in [6.45, 7) is 3.33. The highest BCUT2D eigenvalue weighted by Crippen LogP contribution is 2.22. The average Bonchev–Trinajstić information content (AvgIpc) is 2.38. The van der Waals surface area contributed by atoms with Crippen LogP contribution in [-0.4, -0.2) is 54.8 Å². The molecule has 2 aliphatic heterocycles. The van der Waals surface area contributed by atoms with Gasteiger partial charge in [0.05, 0.1) is 5.92 Å². The molecular formula is C13H23N3O2. The van der Waals surface area contributed by atoms with Gasteiger partial charge in [0, 0.05) is 25.6 Å². The quantitative estimate of drug-likeness (QED) is 0.756. The van der Waals surface area contributed by atoms with E-state index in [4.69, 9.17) is 5.73 Å². The molecule has 0 aromatic carbocycles. The number of piperidine rings is 2. The predicted octanol–water partition coefficient (Wildman–Crippen LogP) is 0.0521. The third-order valence-corrected chi connectivity index (χ3v) is 4.18. The van der Waals surface area contributed by atoms with Crippen LogP contribution in [0.3, 0.4) is 0 Å². The average molecular weight is 253 g/mol. The predicted molar refractivity (Wildman–Crippen MR) is 68.7 cm³/mol. The summed E-state index contributed by atoms with van der Waals surface area (Å²) in [5.74, 6) is 0.154. The first kappa shape index (κ1) is 13.3. The van der Waals surface area contributed by atoms with Crippen molar-refractivity contribution in [3.8, 4) is 0 Å². The Kier molecular flexibility index (Phi) is 4.22. The lowest BCUT2D eigenvalue weighted by molar-refractivity contribution is -0.140. The molecular weight excluding hydrogens is 230 g/mol. The fourth-order valence-corrected chi connectivity index (χ4v) is 3.01. The number of nitrogens with two attached hydrogens (primary N) is 1. The number of carbonyl (C=O) groups is 2. The van der Waals surface area contributed by atoms with Gasteiger partial charge in [-0.3, -0.25) is 9.59 Å². The highest BCUT2D eigenvalue weighted by atomic mass is 16.2. The lowest BCUT2D eigenvalue weighted by atomic mass is 9.92. The molecule has 102 valence electrons. The molecule has 2 saturated heterocycles. The Bertz CT molecular complexity index is 324. The molecule has 5 nitrogen and oxygen atoms in total. The molecule has 2 rings (SSSR count). The number of rotatable bonds is 2. The Morgan fingerprint density at radius 3 is 2.28 bits per heavy atom. The first-order valence-electron chi connectivity index (χ1n) is 6.84. The third-order valence-electron chi connectivity index (χ3n) is 4.18. The maximum absolute atomic E-state index is 12.4. The molecule has 0 spiro atoms. The number of hydrogen-bond donors (Lipinski definition) is 1. The zero-order valence-corrected chi connectivity index (χ0v) is 11.1. The van der Waals surface area contributed by atoms with Crippen LogP contribution in [0.4, 0.5) is 0 Å². The van der Waals surface area contributed by atoms with Gasteiger partial charge in [0.25, 0.3) is 0 Å². The van der Waals surface area contributed by atoms with Crippen LogP contribution in [0.2, 0.25) is 0 Å². The molecule has 2 aliphatic rings. The molecule has 0 aliphatic carbocycles. The van der Waals surface area contributed by atoms with E-state index in [1.54, 1.807) is 0 Å². The molecule has 2 heterocycles. The first-order valence-corrected chi connectivity index (χ1v) is 6.84. The van der Waals surface area contributed by atoms with Gasteiger partial charge in [0.2, 0.25) is 11.8 Å². The zero-order chi connectivity index (χ0) is 13.1. The second-order valence-corrected chi connectivity index (χ2v) is 5.60. The van der Waals surface area contributed by atoms with E-state index >= 15 is 0 Å². The molecule has 0 aromatic heterocycles. The maximum atomic E-state index is 12.4. The molecule has 18 heavy (non-hydrogen) atoms. The summed E-state index contributed by atoms with van der Waals surface area (Å²) in [4.78, 5) is 27.6. The molecule has 5 heteroatoms. The van der Waals surface area contributed by atoms with Gasteiger partial charge >= 0.3 is 0 Å². The van der Waals surface area contributed by atoms with E-state index in [2.05, 4.69) is 11.9 Å². The minimum atomic E-state index is -0.223. The van der Waals surface area contributed by atoms with Crippen molar-refractivity contribution < 1.29 is 9.59 Å². The van der Waals surface area contributed by atoms with E-state index in [9.17, 15) is 9.59 Å². The third kappa shape index (κ3) is 3.02. The second-order valence-electron chi connectivity index (χ2n) is 5.60. The van der Waals surface area contributed by atoms with Gasteiger partial charge in [-0.2, -0.15) is 0 Å². The standard InChI is InChI=1S/C13H23N3O2/c1-15-6-2-3-11(9-15)13(18)16-7-4-10(5-8-16)12(14)17/h10-11H,2-9H2,1H3,(H2,14,17)/t11-/m1/s1. The van der Waals surface area contributed by atoms with Crippen LogP contribution in [-0.2, 0) is 9.59 Å². The van der Waals surface area contributed by atoms with Gasteiger partial charge in [0.15, 0.2) is 0 Å². The minimum Gasteiger partial charge on any atom is -0.369 e. The summed E-state index contributed by atoms with van der Waals surface area (Å²) in [7, 11) is 2.07. The van der Waals surface area contributed by atoms with E-state index in [0.29, 0.717) is 13.1 Å². The van der Waals surface area contributed by atoms with Gasteiger partial charge in [-0.15, -0.1) is 0 Å². The lowest BCUT2D eigenvalue weighted by Crippen LogP contribution is -2.47. The van der Waals surface area contributed by atoms with E-state index < -0.39 is 0 Å². The van der Waals surface area contributed by atoms with E-state index in [-0.39, 0.29) is 23.7 Å². The molecule has 0 saturated carbocycles. The number of carbonyl (C=O) groups excluding carboxylic acids is 2. The van der Waals surface area contributed by atoms with Crippen LogP contribution in [0, 0.1) is 11.8 Å². The van der Waals surface area contributed by atoms with Crippen molar-refractivity contribution in [3.05, 3.63) is 0 Å². The molecule has 0 aromatic rings. The highest BCUT2D eigenvalue weighted by molar-refractivity contribution is 5.80. The summed E-state index contributed by atoms with van der Waals surface area (Å²) in [6.07, 6.45) is 3.55. The Balaban J connectivity index is 1.85. The van der Waals surface area contributed by atoms with Gasteiger partial charge in [-0.05, 0) is 39.3 Å². The Morgan fingerprint density at radius 2 is 1.72 bits per heavy atom. The van der Waals surface area contributed by atoms with Crippen LogP contribution in [0.15, 0.2) is 0 Å². The van der Waals surface area contributed by atoms with Gasteiger partial charge in [-0.25, -0.2) is 0 Å². The van der Waals surface area contributed by atoms with Gasteiger partial charge in [0.1, 0.15) is 0 Å². The minimum absolute atomic E-state index is 0.0388. The van der Waals surface area contributed by atoms with Crippen molar-refractivity contribution in [2.45, 2.75) is 25.7 Å². The molecule has 2 fully saturated rings. The summed E-state index contributed by atoms with van der Waals surface area (Å²) in [5, 5.41) is 0. The van der Waals surface area contributed by atoms with E-state index in [1.165, 1.54) is 0 Å². The van der Waals surface area contributed by atoms with E-state index in [1.807, 2.05) is 4.90 Å². The van der Waals surface area contributed by atoms with Crippen molar-refractivity contribution in [1.29, 1.82) is 0 Å². The fraction of sp³-hybridized carbons (Fsp3) is 0.846. The lowest BCUT2D eigenvalue weighted by Gasteiger charge is -2.36. The number of nitrogens with zero attached hydrogens (tertiary/aromatic N) is 2. The first-order chi connectivity index (χ1) is 8.58. The number of hydrogen-bond acceptors (Lipinski definition) is 3. The van der Waals surface area contributed by atoms with Crippen molar-refractivity contribution in [3.63, 3.8) is 0 Å². The summed E-state index contributed by atoms with van der Waals surface area (Å²) in [6, 6.07) is 0. The van der Waals surface area contributed by atoms with Crippen molar-refractivity contribution >= 4 is 11.8 Å². The van der Waals surface area contributed by atoms with Crippen LogP contribution >= 0.6 is 0 Å². The monoisotopic (exact) mass is 253 g/mol. The number of amides is 2. The van der Waals surface area contributed by atoms with Gasteiger partial charge < -0.3 is 15.5 Å². The fourth-order valence-electron chi connectivity index (χ4n) is 3.01. The van der Waals surface area contributed by atoms with Gasteiger partial charge in [-0.1, -0.05) is 0 Å². The molecule has 0 radical (unpaired) electrons. The van der Waals surface area contributed by atoms with Crippen molar-refractivity contribution in [1.82, 2.24) is 9.80 Å². The van der Waals surface area contributed by atoms with Crippen LogP contribution in [0.1, 0.15) is 25.7 Å². The number of likely N-dealkylation sites (tertiary alicyclic amines) is 2. The Morgan fingerprint density at radius 1 is 1.06 bits per heavy atom. The van der Waals surface area contributed by atoms with Crippen molar-refractivity contribution in [2.75, 3.05) is 33.2 Å². The topological polar surface area (TPSA) is 66.6 Å². The summed E-state index contributed by atoms with van der Waals surface area (Å²) < 4.78 is 0. The normalized spacial score (nSPS) is 27.2. The molecule has 2 amide bonds. The molecule has 2 N–H and O–H groups in total. The van der Waals surface area contributed by atoms with Crippen molar-refractivity contribution in [2.24, 2.45) is 17.6 Å². The van der Waals surface area contributed by atoms with Crippen LogP contribution < -0.4 is 5.73 Å². The van der Waals surface area contributed by atoms with E-state index in [0.717, 1.165) is 38.8 Å². The van der Waals surface area contributed by atoms with Crippen LogP contribution in [0.5, 0.6) is 0 Å². The SMILES string of the molecule is CN1CCC[C@@H](C(=O)N2CCC(C(N)=O)CC2)C1. The summed E-state index contributed by atoms with van der Waals surface area (Å²) in [5.41, 5.74) is 5.30. The molecule has 0 bridgehead atoms. The summed E-state index contributed by atoms with van der Waals surface area (Å²) >= 11 is 0. The smallest absolute Gasteiger partial charge is 0.226 e.